The fourth-order valence-electron chi connectivity index (χ4n) is 8.02. The third kappa shape index (κ3) is 7.66. The highest BCUT2D eigenvalue weighted by Crippen LogP contribution is 2.37. The van der Waals surface area contributed by atoms with Crippen molar-refractivity contribution in [3.05, 3.63) is 48.2 Å². The second-order valence-corrected chi connectivity index (χ2v) is 16.3. The molecule has 274 valence electrons. The van der Waals surface area contributed by atoms with Gasteiger partial charge < -0.3 is 30.8 Å². The van der Waals surface area contributed by atoms with Crippen LogP contribution in [0, 0.1) is 5.92 Å². The molecule has 5 N–H and O–H groups in total. The Morgan fingerprint density at radius 1 is 1.10 bits per heavy atom. The van der Waals surface area contributed by atoms with Gasteiger partial charge in [-0.2, -0.15) is 0 Å². The van der Waals surface area contributed by atoms with E-state index in [2.05, 4.69) is 48.5 Å². The van der Waals surface area contributed by atoms with Crippen molar-refractivity contribution in [2.45, 2.75) is 118 Å². The van der Waals surface area contributed by atoms with Crippen LogP contribution in [-0.4, -0.2) is 91.9 Å². The summed E-state index contributed by atoms with van der Waals surface area (Å²) in [5, 5.41) is 25.1. The van der Waals surface area contributed by atoms with Crippen LogP contribution in [0.1, 0.15) is 107 Å². The number of nitrogens with zero attached hydrogens (tertiary/aromatic N) is 6. The monoisotopic (exact) mass is 815 g/mol. The molecule has 3 aliphatic rings. The van der Waals surface area contributed by atoms with Crippen molar-refractivity contribution in [3.8, 4) is 0 Å². The number of primary amides is 1. The van der Waals surface area contributed by atoms with E-state index in [0.29, 0.717) is 36.2 Å². The lowest BCUT2D eigenvalue weighted by Gasteiger charge is -2.41. The maximum atomic E-state index is 14.8. The van der Waals surface area contributed by atoms with E-state index in [0.717, 1.165) is 38.5 Å². The Bertz CT molecular complexity index is 1800. The molecule has 4 amide bonds. The number of nitrogens with one attached hydrogen (secondary N) is 2. The van der Waals surface area contributed by atoms with Crippen LogP contribution in [0.15, 0.2) is 36.9 Å². The summed E-state index contributed by atoms with van der Waals surface area (Å²) in [5.74, 6) is -3.25. The zero-order valence-corrected chi connectivity index (χ0v) is 31.1. The smallest absolute Gasteiger partial charge is 0.287 e. The SMILES string of the molecule is CC(C)(O)c1cnnn1[C@H]1C[C@@H](C(=O)NC2(C(=O)C(N)=O)CCCCC2I)N(C(=O)C(CC2CCCCC2)NC(=O)c2ccc3nccn3c2)C1. The lowest BCUT2D eigenvalue weighted by molar-refractivity contribution is -0.145. The van der Waals surface area contributed by atoms with Crippen molar-refractivity contribution in [3.63, 3.8) is 0 Å². The van der Waals surface area contributed by atoms with Gasteiger partial charge in [0.05, 0.1) is 23.5 Å². The predicted molar refractivity (Wildman–Crippen MR) is 193 cm³/mol. The Labute approximate surface area is 309 Å². The van der Waals surface area contributed by atoms with E-state index in [9.17, 15) is 29.1 Å². The number of ketones is 1. The molecule has 3 unspecified atom stereocenters. The number of aromatic nitrogens is 5. The van der Waals surface area contributed by atoms with E-state index < -0.39 is 62.6 Å². The van der Waals surface area contributed by atoms with E-state index in [1.54, 1.807) is 49.0 Å². The predicted octanol–water partition coefficient (Wildman–Crippen LogP) is 2.35. The molecule has 3 aromatic heterocycles. The Hall–Kier alpha value is -3.93. The van der Waals surface area contributed by atoms with Gasteiger partial charge in [-0.3, -0.25) is 24.0 Å². The first-order valence-electron chi connectivity index (χ1n) is 17.8. The fraction of sp³-hybridized carbons (Fsp3) is 0.600. The number of halogens is 1. The lowest BCUT2D eigenvalue weighted by Crippen LogP contribution is -2.66. The summed E-state index contributed by atoms with van der Waals surface area (Å²) >= 11 is 2.10. The number of likely N-dealkylation sites (tertiary alicyclic amines) is 1. The number of carbonyl (C=O) groups excluding carboxylic acids is 5. The maximum absolute atomic E-state index is 14.8. The highest BCUT2D eigenvalue weighted by Gasteiger charge is 2.52. The summed E-state index contributed by atoms with van der Waals surface area (Å²) in [6.07, 6.45) is 14.3. The topological polar surface area (TPSA) is 207 Å². The molecule has 0 bridgehead atoms. The Kier molecular flexibility index (Phi) is 10.8. The van der Waals surface area contributed by atoms with Gasteiger partial charge in [-0.15, -0.1) is 5.10 Å². The first-order valence-corrected chi connectivity index (χ1v) is 19.0. The first kappa shape index (κ1) is 36.8. The maximum Gasteiger partial charge on any atom is 0.287 e. The summed E-state index contributed by atoms with van der Waals surface area (Å²) in [6, 6.07) is 0.784. The van der Waals surface area contributed by atoms with Crippen molar-refractivity contribution in [2.75, 3.05) is 6.54 Å². The molecule has 5 atom stereocenters. The molecule has 4 heterocycles. The van der Waals surface area contributed by atoms with Crippen LogP contribution in [0.5, 0.6) is 0 Å². The van der Waals surface area contributed by atoms with Crippen LogP contribution in [0.25, 0.3) is 5.65 Å². The molecule has 1 aliphatic heterocycles. The number of pyridine rings is 1. The number of hydrogen-bond donors (Lipinski definition) is 4. The quantitative estimate of drug-likeness (QED) is 0.127. The molecule has 51 heavy (non-hydrogen) atoms. The molecule has 16 heteroatoms. The second-order valence-electron chi connectivity index (χ2n) is 14.8. The number of hydrogen-bond acceptors (Lipinski definition) is 9. The van der Waals surface area contributed by atoms with Crippen molar-refractivity contribution in [2.24, 2.45) is 11.7 Å². The van der Waals surface area contributed by atoms with Gasteiger partial charge in [-0.1, -0.05) is 72.8 Å². The molecule has 0 spiro atoms. The molecule has 0 radical (unpaired) electrons. The minimum absolute atomic E-state index is 0.0336. The summed E-state index contributed by atoms with van der Waals surface area (Å²) in [6.45, 7) is 3.24. The average Bonchev–Trinajstić information content (AvgIpc) is 3.88. The lowest BCUT2D eigenvalue weighted by atomic mass is 9.77. The van der Waals surface area contributed by atoms with Crippen LogP contribution in [0.2, 0.25) is 0 Å². The number of carbonyl (C=O) groups is 5. The van der Waals surface area contributed by atoms with Crippen LogP contribution in [0.4, 0.5) is 0 Å². The molecule has 15 nitrogen and oxygen atoms in total. The zero-order valence-electron chi connectivity index (χ0n) is 29.0. The van der Waals surface area contributed by atoms with Gasteiger partial charge in [0.1, 0.15) is 28.9 Å². The van der Waals surface area contributed by atoms with Crippen molar-refractivity contribution in [1.29, 1.82) is 0 Å². The van der Waals surface area contributed by atoms with Gasteiger partial charge in [0.15, 0.2) is 0 Å². The number of rotatable bonds is 11. The van der Waals surface area contributed by atoms with Gasteiger partial charge in [-0.05, 0) is 51.2 Å². The minimum Gasteiger partial charge on any atom is -0.384 e. The Morgan fingerprint density at radius 3 is 2.55 bits per heavy atom. The molecule has 0 aromatic carbocycles. The van der Waals surface area contributed by atoms with Gasteiger partial charge >= 0.3 is 0 Å². The summed E-state index contributed by atoms with van der Waals surface area (Å²) in [7, 11) is 0. The minimum atomic E-state index is -1.51. The summed E-state index contributed by atoms with van der Waals surface area (Å²) < 4.78 is 2.87. The van der Waals surface area contributed by atoms with E-state index in [4.69, 9.17) is 5.73 Å². The molecular weight excluding hydrogens is 769 g/mol. The molecule has 6 rings (SSSR count). The van der Waals surface area contributed by atoms with Crippen LogP contribution >= 0.6 is 22.6 Å². The van der Waals surface area contributed by atoms with E-state index in [1.807, 2.05) is 0 Å². The Balaban J connectivity index is 1.34. The average molecular weight is 816 g/mol. The van der Waals surface area contributed by atoms with Crippen molar-refractivity contribution in [1.82, 2.24) is 39.9 Å². The number of alkyl halides is 1. The standard InChI is InChI=1S/C35H46IN9O6/c1-34(2,51)27-18-39-42-45(27)23-17-25(32(49)41-35(29(46)30(37)47)13-7-6-10-26(35)36)44(20-23)33(50)24(16-21-8-4-3-5-9-21)40-31(48)22-11-12-28-38-14-15-43(28)19-22/h11-12,14-15,18-19,21,23-26,51H,3-10,13,16-17,20H2,1-2H3,(H2,37,47)(H,40,48)(H,41,49)/t23-,24?,25-,26?,35?/m0/s1. The molecule has 2 aliphatic carbocycles. The highest BCUT2D eigenvalue weighted by atomic mass is 127. The Morgan fingerprint density at radius 2 is 1.84 bits per heavy atom. The number of amides is 4. The molecule has 2 saturated carbocycles. The van der Waals surface area contributed by atoms with E-state index in [-0.39, 0.29) is 25.3 Å². The third-order valence-corrected chi connectivity index (χ3v) is 12.4. The number of imidazole rings is 1. The van der Waals surface area contributed by atoms with Crippen LogP contribution in [0.3, 0.4) is 0 Å². The second kappa shape index (κ2) is 15.0. The highest BCUT2D eigenvalue weighted by molar-refractivity contribution is 14.1. The first-order chi connectivity index (χ1) is 24.3. The van der Waals surface area contributed by atoms with Crippen LogP contribution in [-0.2, 0) is 24.8 Å². The number of Topliss-reactive ketones (excluding diaryl/α,β-unsaturated/α-hetero) is 1. The largest absolute Gasteiger partial charge is 0.384 e. The van der Waals surface area contributed by atoms with Gasteiger partial charge in [-0.25, -0.2) is 9.67 Å². The molecule has 1 saturated heterocycles. The van der Waals surface area contributed by atoms with Crippen LogP contribution < -0.4 is 16.4 Å². The fourth-order valence-corrected chi connectivity index (χ4v) is 9.21. The third-order valence-electron chi connectivity index (χ3n) is 10.7. The van der Waals surface area contributed by atoms with Gasteiger partial charge in [0.2, 0.25) is 17.6 Å². The number of fused-ring (bicyclic) bond motifs is 1. The number of aliphatic hydroxyl groups is 1. The summed E-state index contributed by atoms with van der Waals surface area (Å²) in [4.78, 5) is 74.4. The molecular formula is C35H46IN9O6. The summed E-state index contributed by atoms with van der Waals surface area (Å²) in [5.41, 5.74) is 4.12. The van der Waals surface area contributed by atoms with E-state index >= 15 is 0 Å². The van der Waals surface area contributed by atoms with Crippen molar-refractivity contribution < 1.29 is 29.1 Å². The van der Waals surface area contributed by atoms with Gasteiger partial charge in [0.25, 0.3) is 11.8 Å². The van der Waals surface area contributed by atoms with E-state index in [1.165, 1.54) is 15.8 Å². The normalized spacial score (nSPS) is 25.0. The van der Waals surface area contributed by atoms with Crippen molar-refractivity contribution >= 4 is 57.7 Å². The van der Waals surface area contributed by atoms with Gasteiger partial charge in [0, 0.05) is 35.5 Å². The molecule has 3 aromatic rings. The number of nitrogens with two attached hydrogens (primary N) is 1. The zero-order chi connectivity index (χ0) is 36.5. The molecule has 3 fully saturated rings.